The number of ketones is 2. The first kappa shape index (κ1) is 42.6. The third-order valence-corrected chi connectivity index (χ3v) is 9.18. The summed E-state index contributed by atoms with van der Waals surface area (Å²) in [5.74, 6) is -0.184. The third-order valence-electron chi connectivity index (χ3n) is 7.99. The normalized spacial score (nSPS) is 12.4. The van der Waals surface area contributed by atoms with Crippen molar-refractivity contribution >= 4 is 69.3 Å². The number of methoxy groups -OCH3 is 4. The molecule has 16 heteroatoms. The zero-order valence-corrected chi connectivity index (χ0v) is 33.6. The van der Waals surface area contributed by atoms with Gasteiger partial charge in [0, 0.05) is 49.9 Å². The van der Waals surface area contributed by atoms with Gasteiger partial charge in [-0.3, -0.25) is 9.59 Å². The summed E-state index contributed by atoms with van der Waals surface area (Å²) in [4.78, 5) is 24.9. The molecule has 2 N–H and O–H groups in total. The summed E-state index contributed by atoms with van der Waals surface area (Å²) in [6.45, 7) is 2.52. The Morgan fingerprint density at radius 1 is 0.545 bits per heavy atom. The molecule has 0 saturated carbocycles. The van der Waals surface area contributed by atoms with Crippen molar-refractivity contribution in [3.05, 3.63) is 126 Å². The second-order valence-electron chi connectivity index (χ2n) is 11.8. The van der Waals surface area contributed by atoms with Crippen molar-refractivity contribution in [3.8, 4) is 23.0 Å². The van der Waals surface area contributed by atoms with Crippen LogP contribution in [0.5, 0.6) is 23.0 Å². The highest BCUT2D eigenvalue weighted by Crippen LogP contribution is 2.36. The molecule has 0 aliphatic heterocycles. The van der Waals surface area contributed by atoms with Crippen LogP contribution in [0.1, 0.15) is 36.1 Å². The number of carbonyl (C=O) groups excluding carboxylic acids is 2. The number of rotatable bonds is 16. The molecule has 55 heavy (non-hydrogen) atoms. The minimum absolute atomic E-state index is 0.104. The SMILES string of the molecule is COc1cc(CC(O)=C(N=Nc2ccc(Cc3ccc(N=NC(C(C)=O)=C(O)Cc4cc(OC)c(Cl)cc4OC)c(Cl)c3)cc2Cl)C(C)=O)c(OC)cc1Cl. The van der Waals surface area contributed by atoms with Gasteiger partial charge in [0.2, 0.25) is 0 Å². The molecule has 0 unspecified atom stereocenters. The molecular formula is C39H36Cl4N4O8. The van der Waals surface area contributed by atoms with Gasteiger partial charge in [-0.15, -0.1) is 20.5 Å². The van der Waals surface area contributed by atoms with E-state index in [1.165, 1.54) is 42.3 Å². The summed E-state index contributed by atoms with van der Waals surface area (Å²) < 4.78 is 21.3. The molecule has 0 bridgehead atoms. The van der Waals surface area contributed by atoms with E-state index in [0.29, 0.717) is 50.6 Å². The van der Waals surface area contributed by atoms with Crippen molar-refractivity contribution in [1.82, 2.24) is 0 Å². The molecule has 0 aliphatic rings. The van der Waals surface area contributed by atoms with E-state index in [4.69, 9.17) is 65.4 Å². The number of azo groups is 2. The Labute approximate surface area is 337 Å². The van der Waals surface area contributed by atoms with E-state index in [1.807, 2.05) is 0 Å². The molecule has 0 aliphatic carbocycles. The number of Topliss-reactive ketones (excluding diaryl/α,β-unsaturated/α-hetero) is 2. The molecule has 0 atom stereocenters. The molecular weight excluding hydrogens is 794 g/mol. The first-order valence-electron chi connectivity index (χ1n) is 16.3. The maximum atomic E-state index is 12.4. The molecule has 0 amide bonds. The van der Waals surface area contributed by atoms with Crippen molar-refractivity contribution < 1.29 is 38.7 Å². The molecule has 0 fully saturated rings. The van der Waals surface area contributed by atoms with Crippen LogP contribution < -0.4 is 18.9 Å². The molecule has 0 saturated heterocycles. The molecule has 0 radical (unpaired) electrons. The van der Waals surface area contributed by atoms with Crippen LogP contribution >= 0.6 is 46.4 Å². The van der Waals surface area contributed by atoms with Gasteiger partial charge in [0.1, 0.15) is 45.9 Å². The van der Waals surface area contributed by atoms with Crippen molar-refractivity contribution in [2.24, 2.45) is 20.5 Å². The summed E-state index contributed by atoms with van der Waals surface area (Å²) in [7, 11) is 5.82. The number of hydrogen-bond donors (Lipinski definition) is 2. The second-order valence-corrected chi connectivity index (χ2v) is 13.4. The summed E-state index contributed by atoms with van der Waals surface area (Å²) >= 11 is 25.5. The average Bonchev–Trinajstić information content (AvgIpc) is 3.14. The minimum atomic E-state index is -0.515. The molecule has 0 aromatic heterocycles. The number of aliphatic hydroxyl groups is 2. The minimum Gasteiger partial charge on any atom is -0.509 e. The number of aliphatic hydroxyl groups excluding tert-OH is 2. The number of carbonyl (C=O) groups is 2. The monoisotopic (exact) mass is 828 g/mol. The first-order valence-corrected chi connectivity index (χ1v) is 17.8. The summed E-state index contributed by atoms with van der Waals surface area (Å²) in [6, 6.07) is 16.5. The van der Waals surface area contributed by atoms with Gasteiger partial charge in [0.25, 0.3) is 0 Å². The maximum absolute atomic E-state index is 12.4. The van der Waals surface area contributed by atoms with E-state index in [1.54, 1.807) is 60.7 Å². The van der Waals surface area contributed by atoms with Crippen molar-refractivity contribution in [2.75, 3.05) is 28.4 Å². The molecule has 4 rings (SSSR count). The van der Waals surface area contributed by atoms with Crippen LogP contribution in [-0.4, -0.2) is 50.2 Å². The predicted octanol–water partition coefficient (Wildman–Crippen LogP) is 11.3. The van der Waals surface area contributed by atoms with Gasteiger partial charge >= 0.3 is 0 Å². The Balaban J connectivity index is 1.50. The van der Waals surface area contributed by atoms with Gasteiger partial charge in [0.15, 0.2) is 23.0 Å². The molecule has 4 aromatic carbocycles. The number of nitrogens with zero attached hydrogens (tertiary/aromatic N) is 4. The van der Waals surface area contributed by atoms with E-state index in [-0.39, 0.29) is 57.2 Å². The quantitative estimate of drug-likeness (QED) is 0.0641. The van der Waals surface area contributed by atoms with Gasteiger partial charge < -0.3 is 29.2 Å². The Morgan fingerprint density at radius 2 is 0.909 bits per heavy atom. The highest BCUT2D eigenvalue weighted by Gasteiger charge is 2.19. The van der Waals surface area contributed by atoms with E-state index < -0.39 is 11.6 Å². The topological polar surface area (TPSA) is 161 Å². The Kier molecular flexibility index (Phi) is 15.1. The lowest BCUT2D eigenvalue weighted by Crippen LogP contribution is -2.03. The molecule has 4 aromatic rings. The first-order chi connectivity index (χ1) is 26.2. The van der Waals surface area contributed by atoms with Crippen LogP contribution in [0, 0.1) is 0 Å². The smallest absolute Gasteiger partial charge is 0.183 e. The Hall–Kier alpha value is -5.14. The van der Waals surface area contributed by atoms with Crippen molar-refractivity contribution in [1.29, 1.82) is 0 Å². The van der Waals surface area contributed by atoms with Crippen LogP contribution in [0.4, 0.5) is 11.4 Å². The van der Waals surface area contributed by atoms with Gasteiger partial charge in [-0.25, -0.2) is 0 Å². The van der Waals surface area contributed by atoms with Crippen LogP contribution in [0.2, 0.25) is 20.1 Å². The van der Waals surface area contributed by atoms with Crippen LogP contribution in [0.15, 0.2) is 104 Å². The Bertz CT molecular complexity index is 2080. The largest absolute Gasteiger partial charge is 0.509 e. The van der Waals surface area contributed by atoms with Gasteiger partial charge in [-0.05, 0) is 53.9 Å². The van der Waals surface area contributed by atoms with Crippen LogP contribution in [0.25, 0.3) is 0 Å². The van der Waals surface area contributed by atoms with Crippen molar-refractivity contribution in [3.63, 3.8) is 0 Å². The summed E-state index contributed by atoms with van der Waals surface area (Å²) in [6.07, 6.45) is 0.214. The Morgan fingerprint density at radius 3 is 1.22 bits per heavy atom. The highest BCUT2D eigenvalue weighted by atomic mass is 35.5. The molecule has 0 heterocycles. The van der Waals surface area contributed by atoms with Gasteiger partial charge in [0.05, 0.1) is 48.5 Å². The number of benzene rings is 4. The third kappa shape index (κ3) is 11.0. The number of halogens is 4. The maximum Gasteiger partial charge on any atom is 0.183 e. The van der Waals surface area contributed by atoms with Crippen LogP contribution in [-0.2, 0) is 28.9 Å². The zero-order chi connectivity index (χ0) is 40.4. The lowest BCUT2D eigenvalue weighted by Gasteiger charge is -2.12. The number of hydrogen-bond acceptors (Lipinski definition) is 12. The predicted molar refractivity (Wildman–Crippen MR) is 212 cm³/mol. The number of allylic oxidation sites excluding steroid dienone is 4. The lowest BCUT2D eigenvalue weighted by atomic mass is 10.0. The van der Waals surface area contributed by atoms with Crippen LogP contribution in [0.3, 0.4) is 0 Å². The zero-order valence-electron chi connectivity index (χ0n) is 30.5. The highest BCUT2D eigenvalue weighted by molar-refractivity contribution is 6.33. The second kappa shape index (κ2) is 19.4. The van der Waals surface area contributed by atoms with Gasteiger partial charge in [-0.2, -0.15) is 0 Å². The fourth-order valence-corrected chi connectivity index (χ4v) is 6.18. The standard InChI is InChI=1S/C39H36Cl4N4O8/c1-20(48)38(32(50)14-24-16-36(54-5)28(42)18-34(24)52-3)46-44-30-9-7-22(12-26(30)40)11-23-8-10-31(27(41)13-23)45-47-39(21(2)49)33(51)15-25-17-37(55-6)29(43)19-35(25)53-4/h7-10,12-13,16-19,50-51H,11,14-15H2,1-6H3. The van der Waals surface area contributed by atoms with Gasteiger partial charge in [-0.1, -0.05) is 58.5 Å². The van der Waals surface area contributed by atoms with E-state index in [0.717, 1.165) is 11.1 Å². The van der Waals surface area contributed by atoms with Crippen molar-refractivity contribution in [2.45, 2.75) is 33.1 Å². The molecule has 12 nitrogen and oxygen atoms in total. The van der Waals surface area contributed by atoms with E-state index >= 15 is 0 Å². The fourth-order valence-electron chi connectivity index (χ4n) is 5.24. The molecule has 288 valence electrons. The molecule has 0 spiro atoms. The summed E-state index contributed by atoms with van der Waals surface area (Å²) in [5.41, 5.74) is 2.66. The lowest BCUT2D eigenvalue weighted by molar-refractivity contribution is -0.114. The summed E-state index contributed by atoms with van der Waals surface area (Å²) in [5, 5.41) is 39.2. The average molecular weight is 831 g/mol. The van der Waals surface area contributed by atoms with E-state index in [2.05, 4.69) is 20.5 Å². The number of ether oxygens (including phenoxy) is 4. The fraction of sp³-hybridized carbons (Fsp3) is 0.231. The van der Waals surface area contributed by atoms with E-state index in [9.17, 15) is 19.8 Å².